The Hall–Kier alpha value is -1.43. The van der Waals surface area contributed by atoms with Gasteiger partial charge < -0.3 is 15.1 Å². The number of halogens is 1. The highest BCUT2D eigenvalue weighted by Crippen LogP contribution is 2.19. The average Bonchev–Trinajstić information content (AvgIpc) is 3.25. The number of piperazine rings is 1. The Morgan fingerprint density at radius 2 is 2.08 bits per heavy atom. The minimum atomic E-state index is 0. The normalized spacial score (nSPS) is 15.2. The molecular formula is C15H25IN8S. The zero-order valence-electron chi connectivity index (χ0n) is 14.8. The van der Waals surface area contributed by atoms with Crippen LogP contribution < -0.4 is 10.2 Å². The number of nitrogens with one attached hydrogen (secondary N) is 1. The highest BCUT2D eigenvalue weighted by atomic mass is 127. The highest BCUT2D eigenvalue weighted by Gasteiger charge is 2.22. The van der Waals surface area contributed by atoms with Gasteiger partial charge in [0.25, 0.3) is 0 Å². The minimum Gasteiger partial charge on any atom is -0.352 e. The van der Waals surface area contributed by atoms with Gasteiger partial charge in [-0.25, -0.2) is 4.98 Å². The third kappa shape index (κ3) is 5.03. The van der Waals surface area contributed by atoms with Gasteiger partial charge in [0, 0.05) is 76.5 Å². The maximum absolute atomic E-state index is 4.58. The lowest BCUT2D eigenvalue weighted by Crippen LogP contribution is -2.52. The van der Waals surface area contributed by atoms with Crippen molar-refractivity contribution in [3.05, 3.63) is 23.8 Å². The molecule has 1 aliphatic rings. The zero-order chi connectivity index (χ0) is 16.9. The van der Waals surface area contributed by atoms with E-state index < -0.39 is 0 Å². The van der Waals surface area contributed by atoms with Crippen LogP contribution in [0.3, 0.4) is 0 Å². The van der Waals surface area contributed by atoms with E-state index in [2.05, 4.69) is 41.5 Å². The summed E-state index contributed by atoms with van der Waals surface area (Å²) in [6.07, 6.45) is 4.78. The van der Waals surface area contributed by atoms with Gasteiger partial charge in [-0.3, -0.25) is 9.67 Å². The summed E-state index contributed by atoms with van der Waals surface area (Å²) < 4.78 is 6.19. The lowest BCUT2D eigenvalue weighted by Gasteiger charge is -2.36. The summed E-state index contributed by atoms with van der Waals surface area (Å²) in [5.74, 6) is 1.87. The van der Waals surface area contributed by atoms with E-state index in [4.69, 9.17) is 0 Å². The van der Waals surface area contributed by atoms with Crippen LogP contribution in [-0.2, 0) is 20.0 Å². The second kappa shape index (κ2) is 9.32. The topological polar surface area (TPSA) is 74.5 Å². The third-order valence-corrected chi connectivity index (χ3v) is 4.86. The SMILES string of the molecule is CCc1nsc(N2CCN(C(=NC)NCc3cnn(C)c3)CC2)n1.I. The van der Waals surface area contributed by atoms with Crippen molar-refractivity contribution in [2.24, 2.45) is 12.0 Å². The van der Waals surface area contributed by atoms with E-state index in [-0.39, 0.29) is 24.0 Å². The molecule has 8 nitrogen and oxygen atoms in total. The van der Waals surface area contributed by atoms with Crippen LogP contribution >= 0.6 is 35.5 Å². The fraction of sp³-hybridized carbons (Fsp3) is 0.600. The molecule has 0 aromatic carbocycles. The van der Waals surface area contributed by atoms with Gasteiger partial charge in [0.1, 0.15) is 5.82 Å². The third-order valence-electron chi connectivity index (χ3n) is 4.04. The van der Waals surface area contributed by atoms with Gasteiger partial charge in [-0.05, 0) is 0 Å². The molecule has 2 aromatic rings. The molecule has 0 radical (unpaired) electrons. The van der Waals surface area contributed by atoms with Crippen LogP contribution in [0, 0.1) is 0 Å². The molecule has 0 bridgehead atoms. The highest BCUT2D eigenvalue weighted by molar-refractivity contribution is 14.0. The van der Waals surface area contributed by atoms with Crippen LogP contribution in [0.25, 0.3) is 0 Å². The first kappa shape index (κ1) is 19.9. The second-order valence-corrected chi connectivity index (χ2v) is 6.47. The van der Waals surface area contributed by atoms with Gasteiger partial charge in [0.05, 0.1) is 6.20 Å². The Labute approximate surface area is 169 Å². The van der Waals surface area contributed by atoms with E-state index in [1.54, 1.807) is 0 Å². The fourth-order valence-electron chi connectivity index (χ4n) is 2.70. The number of aliphatic imine (C=N–C) groups is 1. The number of hydrogen-bond acceptors (Lipinski definition) is 6. The van der Waals surface area contributed by atoms with Gasteiger partial charge in [-0.2, -0.15) is 9.47 Å². The molecule has 1 fully saturated rings. The van der Waals surface area contributed by atoms with Gasteiger partial charge in [0.2, 0.25) is 5.13 Å². The van der Waals surface area contributed by atoms with Crippen molar-refractivity contribution in [1.82, 2.24) is 29.4 Å². The molecule has 25 heavy (non-hydrogen) atoms. The summed E-state index contributed by atoms with van der Waals surface area (Å²) in [6.45, 7) is 6.54. The lowest BCUT2D eigenvalue weighted by atomic mass is 10.3. The van der Waals surface area contributed by atoms with Crippen LogP contribution in [0.15, 0.2) is 17.4 Å². The number of rotatable bonds is 4. The summed E-state index contributed by atoms with van der Waals surface area (Å²) in [7, 11) is 3.76. The van der Waals surface area contributed by atoms with Crippen molar-refractivity contribution in [1.29, 1.82) is 0 Å². The summed E-state index contributed by atoms with van der Waals surface area (Å²) >= 11 is 1.50. The molecule has 0 spiro atoms. The number of guanidine groups is 1. The first-order chi connectivity index (χ1) is 11.7. The number of aryl methyl sites for hydroxylation is 2. The van der Waals surface area contributed by atoms with Crippen LogP contribution in [0.1, 0.15) is 18.3 Å². The molecule has 138 valence electrons. The zero-order valence-corrected chi connectivity index (χ0v) is 18.0. The predicted molar refractivity (Wildman–Crippen MR) is 112 cm³/mol. The molecule has 1 N–H and O–H groups in total. The maximum Gasteiger partial charge on any atom is 0.205 e. The van der Waals surface area contributed by atoms with Crippen LogP contribution in [0.5, 0.6) is 0 Å². The van der Waals surface area contributed by atoms with E-state index in [0.717, 1.165) is 61.6 Å². The first-order valence-corrected chi connectivity index (χ1v) is 8.97. The van der Waals surface area contributed by atoms with E-state index in [1.807, 2.05) is 31.2 Å². The van der Waals surface area contributed by atoms with Crippen molar-refractivity contribution in [3.63, 3.8) is 0 Å². The largest absolute Gasteiger partial charge is 0.352 e. The van der Waals surface area contributed by atoms with E-state index >= 15 is 0 Å². The van der Waals surface area contributed by atoms with Crippen molar-refractivity contribution in [2.45, 2.75) is 19.9 Å². The van der Waals surface area contributed by atoms with Crippen molar-refractivity contribution < 1.29 is 0 Å². The van der Waals surface area contributed by atoms with E-state index in [0.29, 0.717) is 0 Å². The van der Waals surface area contributed by atoms with E-state index in [9.17, 15) is 0 Å². The standard InChI is InChI=1S/C15H24N8S.HI/c1-4-13-19-15(24-20-13)23-7-5-22(6-8-23)14(16-2)17-9-12-10-18-21(3)11-12;/h10-11H,4-9H2,1-3H3,(H,16,17);1H. The van der Waals surface area contributed by atoms with Crippen molar-refractivity contribution in [3.8, 4) is 0 Å². The molecule has 0 atom stereocenters. The van der Waals surface area contributed by atoms with E-state index in [1.165, 1.54) is 11.5 Å². The second-order valence-electron chi connectivity index (χ2n) is 5.74. The van der Waals surface area contributed by atoms with Gasteiger partial charge in [-0.15, -0.1) is 24.0 Å². The van der Waals surface area contributed by atoms with Crippen molar-refractivity contribution >= 4 is 46.6 Å². The number of aromatic nitrogens is 4. The molecule has 1 saturated heterocycles. The van der Waals surface area contributed by atoms with Crippen LogP contribution in [0.2, 0.25) is 0 Å². The average molecular weight is 476 g/mol. The Balaban J connectivity index is 0.00000225. The number of anilines is 1. The van der Waals surface area contributed by atoms with Crippen LogP contribution in [-0.4, -0.2) is 63.2 Å². The Morgan fingerprint density at radius 3 is 2.64 bits per heavy atom. The first-order valence-electron chi connectivity index (χ1n) is 8.20. The molecule has 0 aliphatic carbocycles. The van der Waals surface area contributed by atoms with Crippen molar-refractivity contribution in [2.75, 3.05) is 38.1 Å². The predicted octanol–water partition coefficient (Wildman–Crippen LogP) is 1.35. The molecule has 3 heterocycles. The molecule has 2 aromatic heterocycles. The monoisotopic (exact) mass is 476 g/mol. The molecular weight excluding hydrogens is 451 g/mol. The Bertz CT molecular complexity index is 689. The summed E-state index contributed by atoms with van der Waals surface area (Å²) in [5.41, 5.74) is 1.15. The lowest BCUT2D eigenvalue weighted by molar-refractivity contribution is 0.372. The van der Waals surface area contributed by atoms with Gasteiger partial charge in [-0.1, -0.05) is 6.92 Å². The summed E-state index contributed by atoms with van der Waals surface area (Å²) in [6, 6.07) is 0. The summed E-state index contributed by atoms with van der Waals surface area (Å²) in [5, 5.41) is 8.64. The molecule has 0 amide bonds. The molecule has 10 heteroatoms. The smallest absolute Gasteiger partial charge is 0.205 e. The summed E-state index contributed by atoms with van der Waals surface area (Å²) in [4.78, 5) is 13.6. The molecule has 0 unspecified atom stereocenters. The molecule has 0 saturated carbocycles. The quantitative estimate of drug-likeness (QED) is 0.408. The number of hydrogen-bond donors (Lipinski definition) is 1. The van der Waals surface area contributed by atoms with Gasteiger partial charge in [0.15, 0.2) is 5.96 Å². The van der Waals surface area contributed by atoms with Crippen LogP contribution in [0.4, 0.5) is 5.13 Å². The fourth-order valence-corrected chi connectivity index (χ4v) is 3.50. The Morgan fingerprint density at radius 1 is 1.32 bits per heavy atom. The molecule has 1 aliphatic heterocycles. The maximum atomic E-state index is 4.58. The van der Waals surface area contributed by atoms with Gasteiger partial charge >= 0.3 is 0 Å². The number of nitrogens with zero attached hydrogens (tertiary/aromatic N) is 7. The Kier molecular flexibility index (Phi) is 7.41. The molecule has 3 rings (SSSR count). The minimum absolute atomic E-state index is 0.